The molecular weight excluding hydrogens is 276 g/mol. The highest BCUT2D eigenvalue weighted by Crippen LogP contribution is 2.34. The molecule has 1 atom stereocenters. The third kappa shape index (κ3) is 6.75. The van der Waals surface area contributed by atoms with Crippen molar-refractivity contribution in [2.45, 2.75) is 84.8 Å². The Hall–Kier alpha value is -1.13. The lowest BCUT2D eigenvalue weighted by molar-refractivity contribution is 0.168. The number of hydrogen-bond acceptors (Lipinski definition) is 3. The molecule has 1 aliphatic carbocycles. The topological polar surface area (TPSA) is 65.8 Å². The molecule has 1 saturated carbocycles. The van der Waals surface area contributed by atoms with Crippen LogP contribution in [0.3, 0.4) is 0 Å². The highest BCUT2D eigenvalue weighted by molar-refractivity contribution is 5.74. The Bertz CT molecular complexity index is 381. The van der Waals surface area contributed by atoms with Crippen molar-refractivity contribution in [3.8, 4) is 0 Å². The highest BCUT2D eigenvalue weighted by Gasteiger charge is 2.37. The van der Waals surface area contributed by atoms with Gasteiger partial charge in [0.25, 0.3) is 0 Å². The molecule has 0 saturated heterocycles. The van der Waals surface area contributed by atoms with Gasteiger partial charge in [-0.15, -0.1) is 0 Å². The van der Waals surface area contributed by atoms with Crippen LogP contribution >= 0.6 is 0 Å². The quantitative estimate of drug-likeness (QED) is 0.722. The van der Waals surface area contributed by atoms with E-state index in [9.17, 15) is 4.79 Å². The fourth-order valence-corrected chi connectivity index (χ4v) is 2.70. The second-order valence-electron chi connectivity index (χ2n) is 8.08. The molecule has 1 fully saturated rings. The summed E-state index contributed by atoms with van der Waals surface area (Å²) in [5.74, 6) is 0.792. The average molecular weight is 310 g/mol. The molecular formula is C17H34N4O. The van der Waals surface area contributed by atoms with E-state index in [2.05, 4.69) is 34.7 Å². The van der Waals surface area contributed by atoms with Crippen LogP contribution in [0.15, 0.2) is 10.2 Å². The molecule has 0 spiro atoms. The summed E-state index contributed by atoms with van der Waals surface area (Å²) in [7, 11) is 0. The molecule has 0 bridgehead atoms. The van der Waals surface area contributed by atoms with Gasteiger partial charge >= 0.3 is 6.03 Å². The Morgan fingerprint density at radius 1 is 1.09 bits per heavy atom. The molecule has 2 amide bonds. The molecule has 0 aromatic heterocycles. The lowest BCUT2D eigenvalue weighted by Gasteiger charge is -2.37. The second kappa shape index (κ2) is 7.93. The van der Waals surface area contributed by atoms with E-state index < -0.39 is 5.66 Å². The van der Waals surface area contributed by atoms with E-state index in [4.69, 9.17) is 0 Å². The number of amides is 2. The average Bonchev–Trinajstić information content (AvgIpc) is 2.43. The van der Waals surface area contributed by atoms with Gasteiger partial charge in [0, 0.05) is 12.5 Å². The molecule has 0 radical (unpaired) electrons. The van der Waals surface area contributed by atoms with Gasteiger partial charge in [0.05, 0.1) is 5.54 Å². The molecule has 0 heterocycles. The number of nitrogens with one attached hydrogen (secondary N) is 2. The lowest BCUT2D eigenvalue weighted by Crippen LogP contribution is -2.54. The van der Waals surface area contributed by atoms with Crippen LogP contribution in [0.1, 0.15) is 73.6 Å². The van der Waals surface area contributed by atoms with Crippen LogP contribution < -0.4 is 10.6 Å². The molecule has 0 aliphatic heterocycles. The molecule has 2 N–H and O–H groups in total. The van der Waals surface area contributed by atoms with E-state index in [-0.39, 0.29) is 11.6 Å². The Morgan fingerprint density at radius 2 is 1.68 bits per heavy atom. The van der Waals surface area contributed by atoms with Crippen molar-refractivity contribution in [2.24, 2.45) is 22.1 Å². The Kier molecular flexibility index (Phi) is 6.82. The first-order chi connectivity index (χ1) is 10.1. The van der Waals surface area contributed by atoms with Crippen molar-refractivity contribution in [3.05, 3.63) is 0 Å². The van der Waals surface area contributed by atoms with Crippen LogP contribution in [-0.2, 0) is 0 Å². The minimum atomic E-state index is -0.616. The number of urea groups is 1. The van der Waals surface area contributed by atoms with E-state index in [0.29, 0.717) is 18.4 Å². The first-order valence-corrected chi connectivity index (χ1v) is 8.62. The van der Waals surface area contributed by atoms with Gasteiger partial charge in [0.15, 0.2) is 5.66 Å². The van der Waals surface area contributed by atoms with E-state index in [1.807, 2.05) is 27.7 Å². The van der Waals surface area contributed by atoms with E-state index in [1.54, 1.807) is 0 Å². The Balaban J connectivity index is 2.80. The predicted octanol–water partition coefficient (Wildman–Crippen LogP) is 4.49. The van der Waals surface area contributed by atoms with E-state index in [0.717, 1.165) is 12.8 Å². The minimum absolute atomic E-state index is 0.144. The van der Waals surface area contributed by atoms with E-state index in [1.165, 1.54) is 19.3 Å². The molecule has 1 aliphatic rings. The molecule has 0 aromatic carbocycles. The van der Waals surface area contributed by atoms with Crippen LogP contribution in [0.4, 0.5) is 4.79 Å². The van der Waals surface area contributed by atoms with Gasteiger partial charge in [-0.05, 0) is 46.5 Å². The molecule has 0 aromatic rings. The second-order valence-corrected chi connectivity index (χ2v) is 8.08. The van der Waals surface area contributed by atoms with Crippen molar-refractivity contribution in [1.82, 2.24) is 10.6 Å². The minimum Gasteiger partial charge on any atom is -0.338 e. The predicted molar refractivity (Wildman–Crippen MR) is 91.0 cm³/mol. The maximum Gasteiger partial charge on any atom is 0.316 e. The summed E-state index contributed by atoms with van der Waals surface area (Å²) in [5.41, 5.74) is -0.846. The van der Waals surface area contributed by atoms with Gasteiger partial charge in [-0.1, -0.05) is 33.1 Å². The smallest absolute Gasteiger partial charge is 0.316 e. The maximum atomic E-state index is 12.2. The van der Waals surface area contributed by atoms with Gasteiger partial charge in [0.2, 0.25) is 0 Å². The zero-order valence-corrected chi connectivity index (χ0v) is 15.2. The Labute approximate surface area is 135 Å². The Morgan fingerprint density at radius 3 is 2.18 bits per heavy atom. The summed E-state index contributed by atoms with van der Waals surface area (Å²) in [6, 6.07) is -0.144. The van der Waals surface area contributed by atoms with Crippen molar-refractivity contribution in [1.29, 1.82) is 0 Å². The molecule has 5 heteroatoms. The van der Waals surface area contributed by atoms with Crippen molar-refractivity contribution >= 4 is 6.03 Å². The maximum absolute atomic E-state index is 12.2. The first-order valence-electron chi connectivity index (χ1n) is 8.62. The standard InChI is InChI=1S/C17H34N4O/c1-13(2)12-18-15(22)19-17(6,21-20-16(3,4)5)14-10-8-7-9-11-14/h13-14H,7-12H2,1-6H3,(H2,18,19,22)/b21-20+. The van der Waals surface area contributed by atoms with Gasteiger partial charge in [0.1, 0.15) is 0 Å². The van der Waals surface area contributed by atoms with Gasteiger partial charge < -0.3 is 10.6 Å². The van der Waals surface area contributed by atoms with Crippen LogP contribution in [0.25, 0.3) is 0 Å². The SMILES string of the molecule is CC(C)CNC(=O)NC(C)(/N=N/C(C)(C)C)C1CCCCC1. The van der Waals surface area contributed by atoms with E-state index >= 15 is 0 Å². The van der Waals surface area contributed by atoms with Crippen LogP contribution in [0.2, 0.25) is 0 Å². The summed E-state index contributed by atoms with van der Waals surface area (Å²) in [5, 5.41) is 15.0. The molecule has 22 heavy (non-hydrogen) atoms. The normalized spacial score (nSPS) is 20.1. The summed E-state index contributed by atoms with van der Waals surface area (Å²) < 4.78 is 0. The number of rotatable bonds is 5. The van der Waals surface area contributed by atoms with Gasteiger partial charge in [-0.2, -0.15) is 10.2 Å². The largest absolute Gasteiger partial charge is 0.338 e. The van der Waals surface area contributed by atoms with Crippen LogP contribution in [0, 0.1) is 11.8 Å². The monoisotopic (exact) mass is 310 g/mol. The number of carbonyl (C=O) groups is 1. The van der Waals surface area contributed by atoms with Crippen LogP contribution in [0.5, 0.6) is 0 Å². The lowest BCUT2D eigenvalue weighted by atomic mass is 9.81. The summed E-state index contributed by atoms with van der Waals surface area (Å²) in [4.78, 5) is 12.2. The van der Waals surface area contributed by atoms with Crippen LogP contribution in [-0.4, -0.2) is 23.8 Å². The zero-order valence-electron chi connectivity index (χ0n) is 15.2. The third-order valence-corrected chi connectivity index (χ3v) is 4.00. The summed E-state index contributed by atoms with van der Waals surface area (Å²) in [6.07, 6.45) is 5.90. The third-order valence-electron chi connectivity index (χ3n) is 4.00. The summed E-state index contributed by atoms with van der Waals surface area (Å²) in [6.45, 7) is 12.9. The highest BCUT2D eigenvalue weighted by atomic mass is 16.2. The zero-order chi connectivity index (χ0) is 16.8. The number of azo groups is 1. The van der Waals surface area contributed by atoms with Gasteiger partial charge in [-0.25, -0.2) is 4.79 Å². The fourth-order valence-electron chi connectivity index (χ4n) is 2.70. The molecule has 5 nitrogen and oxygen atoms in total. The first kappa shape index (κ1) is 18.9. The molecule has 1 unspecified atom stereocenters. The van der Waals surface area contributed by atoms with Crippen molar-refractivity contribution in [3.63, 3.8) is 0 Å². The number of carbonyl (C=O) groups excluding carboxylic acids is 1. The molecule has 128 valence electrons. The van der Waals surface area contributed by atoms with Crippen molar-refractivity contribution < 1.29 is 4.79 Å². The number of hydrogen-bond donors (Lipinski definition) is 2. The van der Waals surface area contributed by atoms with Crippen molar-refractivity contribution in [2.75, 3.05) is 6.54 Å². The summed E-state index contributed by atoms with van der Waals surface area (Å²) >= 11 is 0. The fraction of sp³-hybridized carbons (Fsp3) is 0.941. The number of nitrogens with zero attached hydrogens (tertiary/aromatic N) is 2. The molecule has 1 rings (SSSR count). The van der Waals surface area contributed by atoms with Gasteiger partial charge in [-0.3, -0.25) is 0 Å².